The Morgan fingerprint density at radius 1 is 0.351 bits per heavy atom. The van der Waals surface area contributed by atoms with Crippen LogP contribution in [0.5, 0.6) is 0 Å². The highest BCUT2D eigenvalue weighted by molar-refractivity contribution is 6.14. The topological polar surface area (TPSA) is 21.3 Å². The molecule has 11 aromatic rings. The standard InChI is InChI=1S/C54H36N2O/c1-2-14-37(15-3-1)40-16-12-17-43(36-40)55(49-23-8-6-20-46(49)47-22-13-27-53-54(47)48-21-7-11-26-52(48)57-53)41-32-28-38(29-33-41)39-30-34-42(35-31-39)56-50-24-9-4-18-44(50)45-19-5-10-25-51(45)56/h1-36H. The molecule has 0 aliphatic carbocycles. The van der Waals surface area contributed by atoms with Crippen LogP contribution in [0.4, 0.5) is 17.1 Å². The van der Waals surface area contributed by atoms with Gasteiger partial charge in [0.1, 0.15) is 11.2 Å². The normalized spacial score (nSPS) is 11.5. The van der Waals surface area contributed by atoms with Crippen LogP contribution in [0.25, 0.3) is 82.8 Å². The van der Waals surface area contributed by atoms with Gasteiger partial charge in [0, 0.05) is 44.2 Å². The van der Waals surface area contributed by atoms with Gasteiger partial charge in [-0.05, 0) is 94.5 Å². The Hall–Kier alpha value is -7.62. The lowest BCUT2D eigenvalue weighted by molar-refractivity contribution is 0.669. The van der Waals surface area contributed by atoms with Crippen LogP contribution in [0, 0.1) is 0 Å². The first-order valence-electron chi connectivity index (χ1n) is 19.4. The van der Waals surface area contributed by atoms with E-state index in [1.165, 1.54) is 38.5 Å². The molecule has 2 aromatic heterocycles. The summed E-state index contributed by atoms with van der Waals surface area (Å²) in [5.41, 5.74) is 15.5. The van der Waals surface area contributed by atoms with Crippen molar-refractivity contribution in [3.63, 3.8) is 0 Å². The van der Waals surface area contributed by atoms with Crippen molar-refractivity contribution in [2.24, 2.45) is 0 Å². The average Bonchev–Trinajstić information content (AvgIpc) is 3.84. The number of hydrogen-bond acceptors (Lipinski definition) is 2. The minimum absolute atomic E-state index is 0.884. The van der Waals surface area contributed by atoms with Crippen molar-refractivity contribution in [3.8, 4) is 39.1 Å². The molecule has 2 heterocycles. The second-order valence-corrected chi connectivity index (χ2v) is 14.5. The van der Waals surface area contributed by atoms with Crippen LogP contribution < -0.4 is 4.90 Å². The van der Waals surface area contributed by atoms with Gasteiger partial charge in [-0.15, -0.1) is 0 Å². The molecular formula is C54H36N2O. The fourth-order valence-corrected chi connectivity index (χ4v) is 8.58. The van der Waals surface area contributed by atoms with Gasteiger partial charge in [-0.3, -0.25) is 0 Å². The molecule has 0 aliphatic heterocycles. The van der Waals surface area contributed by atoms with Crippen LogP contribution in [-0.4, -0.2) is 4.57 Å². The lowest BCUT2D eigenvalue weighted by atomic mass is 9.96. The van der Waals surface area contributed by atoms with Crippen LogP contribution in [0.3, 0.4) is 0 Å². The molecule has 0 saturated heterocycles. The van der Waals surface area contributed by atoms with E-state index in [0.29, 0.717) is 0 Å². The largest absolute Gasteiger partial charge is 0.456 e. The van der Waals surface area contributed by atoms with Crippen LogP contribution in [0.1, 0.15) is 0 Å². The average molecular weight is 729 g/mol. The number of fused-ring (bicyclic) bond motifs is 6. The van der Waals surface area contributed by atoms with Crippen molar-refractivity contribution in [2.75, 3.05) is 4.90 Å². The summed E-state index contributed by atoms with van der Waals surface area (Å²) in [5, 5.41) is 4.77. The zero-order valence-corrected chi connectivity index (χ0v) is 31.1. The summed E-state index contributed by atoms with van der Waals surface area (Å²) in [6.07, 6.45) is 0. The molecule has 0 unspecified atom stereocenters. The van der Waals surface area contributed by atoms with Crippen molar-refractivity contribution < 1.29 is 4.42 Å². The summed E-state index contributed by atoms with van der Waals surface area (Å²) in [6.45, 7) is 0. The van der Waals surface area contributed by atoms with Gasteiger partial charge >= 0.3 is 0 Å². The Morgan fingerprint density at radius 2 is 0.895 bits per heavy atom. The monoisotopic (exact) mass is 728 g/mol. The summed E-state index contributed by atoms with van der Waals surface area (Å²) in [4.78, 5) is 2.39. The van der Waals surface area contributed by atoms with E-state index in [1.807, 2.05) is 12.1 Å². The van der Waals surface area contributed by atoms with E-state index in [-0.39, 0.29) is 0 Å². The first-order chi connectivity index (χ1) is 28.3. The molecule has 0 fully saturated rings. The van der Waals surface area contributed by atoms with Crippen molar-refractivity contribution in [3.05, 3.63) is 218 Å². The number of furan rings is 1. The summed E-state index contributed by atoms with van der Waals surface area (Å²) in [6, 6.07) is 78.1. The maximum atomic E-state index is 6.36. The van der Waals surface area contributed by atoms with E-state index in [4.69, 9.17) is 4.42 Å². The molecule has 11 rings (SSSR count). The molecule has 57 heavy (non-hydrogen) atoms. The Morgan fingerprint density at radius 3 is 1.65 bits per heavy atom. The highest BCUT2D eigenvalue weighted by Crippen LogP contribution is 2.45. The summed E-state index contributed by atoms with van der Waals surface area (Å²) in [5.74, 6) is 0. The molecule has 0 N–H and O–H groups in total. The predicted molar refractivity (Wildman–Crippen MR) is 239 cm³/mol. The van der Waals surface area contributed by atoms with Gasteiger partial charge in [-0.25, -0.2) is 0 Å². The van der Waals surface area contributed by atoms with Gasteiger partial charge in [0.25, 0.3) is 0 Å². The lowest BCUT2D eigenvalue weighted by Gasteiger charge is -2.28. The third kappa shape index (κ3) is 5.60. The lowest BCUT2D eigenvalue weighted by Crippen LogP contribution is -2.11. The fraction of sp³-hybridized carbons (Fsp3) is 0. The van der Waals surface area contributed by atoms with Gasteiger partial charge in [-0.2, -0.15) is 0 Å². The van der Waals surface area contributed by atoms with Gasteiger partial charge < -0.3 is 13.9 Å². The van der Waals surface area contributed by atoms with E-state index in [1.54, 1.807) is 0 Å². The molecule has 3 heteroatoms. The van der Waals surface area contributed by atoms with E-state index >= 15 is 0 Å². The van der Waals surface area contributed by atoms with Crippen LogP contribution in [0.15, 0.2) is 223 Å². The number of nitrogens with zero attached hydrogens (tertiary/aromatic N) is 2. The fourth-order valence-electron chi connectivity index (χ4n) is 8.58. The van der Waals surface area contributed by atoms with Gasteiger partial charge in [0.05, 0.1) is 16.7 Å². The Labute approximate surface area is 330 Å². The molecule has 268 valence electrons. The molecule has 0 bridgehead atoms. The highest BCUT2D eigenvalue weighted by atomic mass is 16.3. The molecule has 9 aromatic carbocycles. The maximum absolute atomic E-state index is 6.36. The number of hydrogen-bond donors (Lipinski definition) is 0. The molecule has 0 saturated carbocycles. The van der Waals surface area contributed by atoms with Crippen LogP contribution in [-0.2, 0) is 0 Å². The van der Waals surface area contributed by atoms with Crippen molar-refractivity contribution in [1.29, 1.82) is 0 Å². The van der Waals surface area contributed by atoms with Crippen molar-refractivity contribution in [2.45, 2.75) is 0 Å². The zero-order chi connectivity index (χ0) is 37.7. The molecule has 0 radical (unpaired) electrons. The zero-order valence-electron chi connectivity index (χ0n) is 31.1. The SMILES string of the molecule is c1ccc(-c2cccc(N(c3ccc(-c4ccc(-n5c6ccccc6c6ccccc65)cc4)cc3)c3ccccc3-c3cccc4oc5ccccc5c34)c2)cc1. The van der Waals surface area contributed by atoms with Crippen molar-refractivity contribution in [1.82, 2.24) is 4.57 Å². The quantitative estimate of drug-likeness (QED) is 0.163. The smallest absolute Gasteiger partial charge is 0.136 e. The van der Waals surface area contributed by atoms with E-state index in [9.17, 15) is 0 Å². The number of para-hydroxylation sites is 4. The molecule has 0 spiro atoms. The molecular weight excluding hydrogens is 693 g/mol. The van der Waals surface area contributed by atoms with Crippen molar-refractivity contribution >= 4 is 60.8 Å². The highest BCUT2D eigenvalue weighted by Gasteiger charge is 2.21. The molecule has 0 atom stereocenters. The minimum atomic E-state index is 0.884. The summed E-state index contributed by atoms with van der Waals surface area (Å²) < 4.78 is 8.72. The minimum Gasteiger partial charge on any atom is -0.456 e. The number of benzene rings is 9. The Kier molecular flexibility index (Phi) is 7.82. The van der Waals surface area contributed by atoms with E-state index < -0.39 is 0 Å². The van der Waals surface area contributed by atoms with Gasteiger partial charge in [0.2, 0.25) is 0 Å². The second-order valence-electron chi connectivity index (χ2n) is 14.5. The Balaban J connectivity index is 1.03. The number of aromatic nitrogens is 1. The summed E-state index contributed by atoms with van der Waals surface area (Å²) in [7, 11) is 0. The molecule has 0 amide bonds. The summed E-state index contributed by atoms with van der Waals surface area (Å²) >= 11 is 0. The van der Waals surface area contributed by atoms with E-state index in [2.05, 4.69) is 216 Å². The predicted octanol–water partition coefficient (Wildman–Crippen LogP) is 15.2. The first kappa shape index (κ1) is 32.8. The first-order valence-corrected chi connectivity index (χ1v) is 19.4. The number of rotatable bonds is 7. The third-order valence-corrected chi connectivity index (χ3v) is 11.2. The Bertz CT molecular complexity index is 3170. The van der Waals surface area contributed by atoms with Gasteiger partial charge in [0.15, 0.2) is 0 Å². The second kappa shape index (κ2) is 13.6. The van der Waals surface area contributed by atoms with E-state index in [0.717, 1.165) is 61.4 Å². The molecule has 3 nitrogen and oxygen atoms in total. The van der Waals surface area contributed by atoms with Crippen LogP contribution in [0.2, 0.25) is 0 Å². The van der Waals surface area contributed by atoms with Crippen LogP contribution >= 0.6 is 0 Å². The molecule has 0 aliphatic rings. The number of anilines is 3. The third-order valence-electron chi connectivity index (χ3n) is 11.2. The van der Waals surface area contributed by atoms with Gasteiger partial charge in [-0.1, -0.05) is 152 Å². The maximum Gasteiger partial charge on any atom is 0.136 e.